The monoisotopic (exact) mass is 798 g/mol. The molecule has 1 aliphatic heterocycles. The van der Waals surface area contributed by atoms with E-state index in [0.29, 0.717) is 28.8 Å². The van der Waals surface area contributed by atoms with Crippen molar-refractivity contribution >= 4 is 69.4 Å². The van der Waals surface area contributed by atoms with Crippen molar-refractivity contribution in [2.45, 2.75) is 69.2 Å². The van der Waals surface area contributed by atoms with Crippen LogP contribution in [0.25, 0.3) is 11.0 Å². The summed E-state index contributed by atoms with van der Waals surface area (Å²) in [4.78, 5) is 26.6. The van der Waals surface area contributed by atoms with Gasteiger partial charge >= 0.3 is 12.1 Å². The second-order valence-electron chi connectivity index (χ2n) is 13.9. The quantitative estimate of drug-likeness (QED) is 0.0418. The fourth-order valence-electron chi connectivity index (χ4n) is 6.55. The molecule has 0 spiro atoms. The fourth-order valence-corrected chi connectivity index (χ4v) is 12.5. The van der Waals surface area contributed by atoms with Crippen molar-refractivity contribution < 1.29 is 31.9 Å². The lowest BCUT2D eigenvalue weighted by atomic mass is 10.2. The molecule has 4 aromatic rings. The number of alkyl halides is 3. The molecule has 2 aromatic carbocycles. The van der Waals surface area contributed by atoms with Gasteiger partial charge in [-0.05, 0) is 28.6 Å². The summed E-state index contributed by atoms with van der Waals surface area (Å²) >= 11 is 0. The van der Waals surface area contributed by atoms with Crippen molar-refractivity contribution in [1.82, 2.24) is 24.8 Å². The number of carbonyl (C=O) groups excluding carboxylic acids is 1. The van der Waals surface area contributed by atoms with Crippen LogP contribution in [0.1, 0.15) is 45.9 Å². The third kappa shape index (κ3) is 9.50. The number of amides is 1. The Kier molecular flexibility index (Phi) is 13.6. The average molecular weight is 799 g/mol. The van der Waals surface area contributed by atoms with E-state index in [2.05, 4.69) is 71.8 Å². The lowest BCUT2D eigenvalue weighted by Gasteiger charge is -2.43. The van der Waals surface area contributed by atoms with Crippen molar-refractivity contribution in [2.24, 2.45) is 4.99 Å². The molecule has 3 heterocycles. The maximum Gasteiger partial charge on any atom is 0.471 e. The summed E-state index contributed by atoms with van der Waals surface area (Å²) < 4.78 is 61.0. The summed E-state index contributed by atoms with van der Waals surface area (Å²) in [6.45, 7) is 8.42. The maximum atomic E-state index is 12.8. The summed E-state index contributed by atoms with van der Waals surface area (Å²) in [5, 5.41) is 4.32. The summed E-state index contributed by atoms with van der Waals surface area (Å²) in [5.41, 5.74) is 0.743. The molecule has 1 saturated heterocycles. The van der Waals surface area contributed by atoms with E-state index < -0.39 is 39.3 Å². The smallest absolute Gasteiger partial charge is 0.405 e. The SMILES string of the molecule is CSS[C@H](C)OC1C[C@H](n2cc(C#CCNC(=O)C(F)(F)F)c3c(/N=C/N(C)C)ncnc32)O[C@@H]1CO[Si](c1ccccc1)(c1ccccc1)C(C)(C)C. The van der Waals surface area contributed by atoms with Crippen molar-refractivity contribution in [1.29, 1.82) is 0 Å². The molecule has 16 heteroatoms. The lowest BCUT2D eigenvalue weighted by molar-refractivity contribution is -0.173. The molecular weight excluding hydrogens is 754 g/mol. The summed E-state index contributed by atoms with van der Waals surface area (Å²) in [6.07, 6.45) is 0.747. The molecule has 10 nitrogen and oxygen atoms in total. The van der Waals surface area contributed by atoms with Crippen LogP contribution in [0.5, 0.6) is 0 Å². The molecular formula is C38H45F3N6O4S2Si. The number of halogens is 3. The molecule has 0 radical (unpaired) electrons. The van der Waals surface area contributed by atoms with Crippen LogP contribution in [0.4, 0.5) is 19.0 Å². The van der Waals surface area contributed by atoms with Crippen LogP contribution in [-0.4, -0.2) is 97.3 Å². The van der Waals surface area contributed by atoms with E-state index in [1.807, 2.05) is 68.2 Å². The number of nitrogens with zero attached hydrogens (tertiary/aromatic N) is 5. The van der Waals surface area contributed by atoms with Crippen LogP contribution in [0, 0.1) is 11.8 Å². The Balaban J connectivity index is 1.54. The Morgan fingerprint density at radius 3 is 2.35 bits per heavy atom. The number of nitrogens with one attached hydrogen (secondary N) is 1. The van der Waals surface area contributed by atoms with E-state index in [1.165, 1.54) is 6.33 Å². The van der Waals surface area contributed by atoms with Gasteiger partial charge in [0.1, 0.15) is 29.7 Å². The zero-order valence-corrected chi connectivity index (χ0v) is 33.9. The third-order valence-corrected chi connectivity index (χ3v) is 15.8. The van der Waals surface area contributed by atoms with Gasteiger partial charge in [-0.2, -0.15) is 13.2 Å². The Labute approximate surface area is 323 Å². The first kappa shape index (κ1) is 41.3. The van der Waals surface area contributed by atoms with Gasteiger partial charge < -0.3 is 28.7 Å². The predicted molar refractivity (Wildman–Crippen MR) is 213 cm³/mol. The molecule has 1 fully saturated rings. The van der Waals surface area contributed by atoms with Crippen LogP contribution < -0.4 is 15.7 Å². The average Bonchev–Trinajstić information content (AvgIpc) is 3.70. The molecule has 4 atom stereocenters. The number of benzene rings is 2. The van der Waals surface area contributed by atoms with Crippen LogP contribution in [0.3, 0.4) is 0 Å². The van der Waals surface area contributed by atoms with E-state index >= 15 is 0 Å². The van der Waals surface area contributed by atoms with Gasteiger partial charge in [0.15, 0.2) is 5.82 Å². The fraction of sp³-hybridized carbons (Fsp3) is 0.421. The van der Waals surface area contributed by atoms with Gasteiger partial charge in [0.2, 0.25) is 0 Å². The summed E-state index contributed by atoms with van der Waals surface area (Å²) in [5.74, 6) is 3.79. The minimum atomic E-state index is -5.01. The molecule has 54 heavy (non-hydrogen) atoms. The van der Waals surface area contributed by atoms with E-state index in [9.17, 15) is 18.0 Å². The molecule has 2 aromatic heterocycles. The van der Waals surface area contributed by atoms with Gasteiger partial charge in [-0.25, -0.2) is 15.0 Å². The van der Waals surface area contributed by atoms with Gasteiger partial charge in [0.25, 0.3) is 8.32 Å². The van der Waals surface area contributed by atoms with E-state index in [0.717, 1.165) is 10.4 Å². The van der Waals surface area contributed by atoms with Gasteiger partial charge in [0.05, 0.1) is 36.5 Å². The molecule has 1 aliphatic rings. The van der Waals surface area contributed by atoms with Crippen molar-refractivity contribution in [3.8, 4) is 11.8 Å². The largest absolute Gasteiger partial charge is 0.471 e. The minimum absolute atomic E-state index is 0.147. The summed E-state index contributed by atoms with van der Waals surface area (Å²) in [6, 6.07) is 20.8. The first-order valence-electron chi connectivity index (χ1n) is 17.3. The number of fused-ring (bicyclic) bond motifs is 1. The number of hydrogen-bond acceptors (Lipinski definition) is 9. The number of carbonyl (C=O) groups is 1. The zero-order valence-electron chi connectivity index (χ0n) is 31.3. The van der Waals surface area contributed by atoms with Crippen molar-refractivity contribution in [2.75, 3.05) is 33.5 Å². The Morgan fingerprint density at radius 1 is 1.13 bits per heavy atom. The standard InChI is InChI=1S/C38H45F3N6O4S2Si/c1-26(53-52-7)50-30-21-32(51-31(30)23-49-54(37(2,3)4,28-16-10-8-11-17-28)29-18-12-9-13-19-29)47-22-27(15-14-20-42-36(48)38(39,40)41)33-34(45-25-46(5)6)43-24-44-35(33)47/h8-13,16-19,22,24-26,30-32H,20-21,23H2,1-7H3,(H,42,48)/b45-25+/t26-,30?,31-,32-/m1/s1. The van der Waals surface area contributed by atoms with Gasteiger partial charge in [-0.3, -0.25) is 4.79 Å². The van der Waals surface area contributed by atoms with E-state index in [1.54, 1.807) is 44.3 Å². The highest BCUT2D eigenvalue weighted by atomic mass is 33.1. The maximum absolute atomic E-state index is 12.8. The number of ether oxygens (including phenoxy) is 2. The number of aromatic nitrogens is 3. The second-order valence-corrected chi connectivity index (χ2v) is 21.0. The predicted octanol–water partition coefficient (Wildman–Crippen LogP) is 6.29. The molecule has 0 bridgehead atoms. The van der Waals surface area contributed by atoms with Gasteiger partial charge in [-0.1, -0.05) is 115 Å². The Bertz CT molecular complexity index is 1930. The molecule has 1 unspecified atom stereocenters. The molecule has 0 aliphatic carbocycles. The minimum Gasteiger partial charge on any atom is -0.405 e. The highest BCUT2D eigenvalue weighted by molar-refractivity contribution is 8.76. The number of hydrogen-bond donors (Lipinski definition) is 1. The first-order valence-corrected chi connectivity index (χ1v) is 21.8. The van der Waals surface area contributed by atoms with Crippen LogP contribution in [0.15, 0.2) is 78.2 Å². The molecule has 288 valence electrons. The van der Waals surface area contributed by atoms with E-state index in [-0.39, 0.29) is 23.2 Å². The molecule has 0 saturated carbocycles. The number of rotatable bonds is 13. The lowest BCUT2D eigenvalue weighted by Crippen LogP contribution is -2.67. The highest BCUT2D eigenvalue weighted by Crippen LogP contribution is 2.41. The highest BCUT2D eigenvalue weighted by Gasteiger charge is 2.51. The van der Waals surface area contributed by atoms with Crippen LogP contribution in [0.2, 0.25) is 5.04 Å². The Hall–Kier alpha value is -3.85. The molecule has 1 N–H and O–H groups in total. The van der Waals surface area contributed by atoms with Gasteiger partial charge in [0, 0.05) is 26.7 Å². The molecule has 5 rings (SSSR count). The zero-order chi connectivity index (χ0) is 39.1. The topological polar surface area (TPSA) is 103 Å². The second kappa shape index (κ2) is 17.7. The first-order chi connectivity index (χ1) is 25.7. The molecule has 1 amide bonds. The van der Waals surface area contributed by atoms with Crippen LogP contribution in [-0.2, 0) is 18.7 Å². The Morgan fingerprint density at radius 2 is 1.78 bits per heavy atom. The van der Waals surface area contributed by atoms with Crippen molar-refractivity contribution in [3.63, 3.8) is 0 Å². The number of aliphatic imine (C=N–C) groups is 1. The summed E-state index contributed by atoms with van der Waals surface area (Å²) in [7, 11) is 3.94. The third-order valence-electron chi connectivity index (χ3n) is 8.79. The van der Waals surface area contributed by atoms with E-state index in [4.69, 9.17) is 13.9 Å². The van der Waals surface area contributed by atoms with Gasteiger partial charge in [-0.15, -0.1) is 0 Å². The normalized spacial score (nSPS) is 18.4. The van der Waals surface area contributed by atoms with Crippen molar-refractivity contribution in [3.05, 3.63) is 78.8 Å². The van der Waals surface area contributed by atoms with Crippen LogP contribution >= 0.6 is 21.6 Å².